The van der Waals surface area contributed by atoms with Crippen LogP contribution >= 0.6 is 11.6 Å². The molecule has 0 heterocycles. The molecule has 0 radical (unpaired) electrons. The third kappa shape index (κ3) is 4.14. The number of unbranched alkanes of at least 4 members (excludes halogenated alkanes) is 1. The third-order valence-electron chi connectivity index (χ3n) is 5.44. The summed E-state index contributed by atoms with van der Waals surface area (Å²) in [6, 6.07) is 6.40. The van der Waals surface area contributed by atoms with Gasteiger partial charge in [0.25, 0.3) is 0 Å². The highest BCUT2D eigenvalue weighted by molar-refractivity contribution is 6.17. The maximum Gasteiger partial charge on any atom is 0.230 e. The van der Waals surface area contributed by atoms with E-state index in [2.05, 4.69) is 51.2 Å². The summed E-state index contributed by atoms with van der Waals surface area (Å²) in [5.74, 6) is 1.70. The van der Waals surface area contributed by atoms with E-state index < -0.39 is 0 Å². The van der Waals surface area contributed by atoms with Crippen LogP contribution in [-0.2, 0) is 4.79 Å². The molecule has 134 valence electrons. The molecule has 1 N–H and O–H groups in total. The van der Waals surface area contributed by atoms with E-state index >= 15 is 0 Å². The van der Waals surface area contributed by atoms with Crippen LogP contribution in [0.25, 0.3) is 0 Å². The van der Waals surface area contributed by atoms with E-state index in [1.807, 2.05) is 0 Å². The van der Waals surface area contributed by atoms with Gasteiger partial charge in [-0.3, -0.25) is 4.79 Å². The highest BCUT2D eigenvalue weighted by Crippen LogP contribution is 2.46. The molecule has 0 bridgehead atoms. The minimum atomic E-state index is -0.162. The van der Waals surface area contributed by atoms with Crippen molar-refractivity contribution in [3.8, 4) is 0 Å². The average molecular weight is 350 g/mol. The summed E-state index contributed by atoms with van der Waals surface area (Å²) < 4.78 is 0. The Balaban J connectivity index is 2.24. The van der Waals surface area contributed by atoms with Gasteiger partial charge in [0.1, 0.15) is 0 Å². The number of halogens is 1. The Bertz CT molecular complexity index is 535. The van der Waals surface area contributed by atoms with E-state index in [0.717, 1.165) is 44.2 Å². The highest BCUT2D eigenvalue weighted by Gasteiger charge is 2.43. The van der Waals surface area contributed by atoms with Crippen LogP contribution in [0.15, 0.2) is 18.2 Å². The van der Waals surface area contributed by atoms with Crippen molar-refractivity contribution in [2.24, 2.45) is 5.41 Å². The topological polar surface area (TPSA) is 29.1 Å². The van der Waals surface area contributed by atoms with Gasteiger partial charge in [-0.15, -0.1) is 11.6 Å². The first-order valence-electron chi connectivity index (χ1n) is 9.41. The van der Waals surface area contributed by atoms with Crippen molar-refractivity contribution in [2.75, 3.05) is 11.2 Å². The number of hydrogen-bond acceptors (Lipinski definition) is 1. The van der Waals surface area contributed by atoms with Crippen LogP contribution in [-0.4, -0.2) is 11.8 Å². The number of amides is 1. The molecule has 24 heavy (non-hydrogen) atoms. The second-order valence-corrected chi connectivity index (χ2v) is 8.23. The lowest BCUT2D eigenvalue weighted by atomic mass is 9.65. The van der Waals surface area contributed by atoms with Crippen LogP contribution in [0.2, 0.25) is 0 Å². The van der Waals surface area contributed by atoms with Gasteiger partial charge >= 0.3 is 0 Å². The van der Waals surface area contributed by atoms with Crippen LogP contribution in [0, 0.1) is 5.41 Å². The molecule has 0 spiro atoms. The van der Waals surface area contributed by atoms with Crippen LogP contribution in [0.4, 0.5) is 5.69 Å². The van der Waals surface area contributed by atoms with Crippen molar-refractivity contribution in [1.29, 1.82) is 0 Å². The smallest absolute Gasteiger partial charge is 0.230 e. The normalized spacial score (nSPS) is 16.3. The maximum atomic E-state index is 13.1. The molecule has 2 nitrogen and oxygen atoms in total. The van der Waals surface area contributed by atoms with Crippen molar-refractivity contribution in [3.05, 3.63) is 29.3 Å². The van der Waals surface area contributed by atoms with Crippen molar-refractivity contribution < 1.29 is 4.79 Å². The predicted octanol–water partition coefficient (Wildman–Crippen LogP) is 6.45. The summed E-state index contributed by atoms with van der Waals surface area (Å²) in [4.78, 5) is 13.1. The molecule has 0 saturated heterocycles. The minimum absolute atomic E-state index is 0.162. The number of carbonyl (C=O) groups excluding carboxylic acids is 1. The van der Waals surface area contributed by atoms with Gasteiger partial charge in [-0.25, -0.2) is 0 Å². The number of anilines is 1. The van der Waals surface area contributed by atoms with Gasteiger partial charge in [-0.1, -0.05) is 58.7 Å². The molecule has 0 aliphatic heterocycles. The summed E-state index contributed by atoms with van der Waals surface area (Å²) in [5, 5.41) is 3.34. The van der Waals surface area contributed by atoms with Gasteiger partial charge in [0.15, 0.2) is 0 Å². The fourth-order valence-corrected chi connectivity index (χ4v) is 3.88. The standard InChI is InChI=1S/C21H32ClNO/c1-15(2)17-9-7-10-18(16(3)4)19(17)23-20(24)21(12-8-13-21)11-5-6-14-22/h7,9-10,15-16H,5-6,8,11-14H2,1-4H3,(H,23,24). The SMILES string of the molecule is CC(C)c1cccc(C(C)C)c1NC(=O)C1(CCCCCl)CCC1. The molecule has 0 atom stereocenters. The Morgan fingerprint density at radius 1 is 1.12 bits per heavy atom. The van der Waals surface area contributed by atoms with E-state index in [0.29, 0.717) is 17.7 Å². The quantitative estimate of drug-likeness (QED) is 0.424. The van der Waals surface area contributed by atoms with E-state index in [1.54, 1.807) is 0 Å². The van der Waals surface area contributed by atoms with Gasteiger partial charge in [0.05, 0.1) is 0 Å². The van der Waals surface area contributed by atoms with Gasteiger partial charge in [-0.05, 0) is 48.6 Å². The summed E-state index contributed by atoms with van der Waals surface area (Å²) in [5.41, 5.74) is 3.37. The Labute approximate surface area is 152 Å². The number of rotatable bonds is 8. The van der Waals surface area contributed by atoms with E-state index in [1.165, 1.54) is 11.1 Å². The first kappa shape index (κ1) is 19.3. The van der Waals surface area contributed by atoms with Crippen molar-refractivity contribution in [3.63, 3.8) is 0 Å². The van der Waals surface area contributed by atoms with Crippen LogP contribution in [0.3, 0.4) is 0 Å². The van der Waals surface area contributed by atoms with Crippen molar-refractivity contribution in [2.45, 2.75) is 78.1 Å². The van der Waals surface area contributed by atoms with Crippen LogP contribution in [0.5, 0.6) is 0 Å². The Morgan fingerprint density at radius 2 is 1.71 bits per heavy atom. The van der Waals surface area contributed by atoms with Crippen molar-refractivity contribution >= 4 is 23.2 Å². The maximum absolute atomic E-state index is 13.1. The van der Waals surface area contributed by atoms with Gasteiger partial charge in [-0.2, -0.15) is 0 Å². The molecule has 1 aliphatic carbocycles. The lowest BCUT2D eigenvalue weighted by molar-refractivity contribution is -0.131. The minimum Gasteiger partial charge on any atom is -0.325 e. The number of hydrogen-bond donors (Lipinski definition) is 1. The van der Waals surface area contributed by atoms with Crippen LogP contribution < -0.4 is 5.32 Å². The molecule has 1 amide bonds. The molecule has 1 aromatic carbocycles. The molecule has 1 aliphatic rings. The Morgan fingerprint density at radius 3 is 2.12 bits per heavy atom. The van der Waals surface area contributed by atoms with E-state index in [-0.39, 0.29) is 11.3 Å². The molecule has 0 unspecified atom stereocenters. The molecule has 3 heteroatoms. The van der Waals surface area contributed by atoms with Crippen LogP contribution in [0.1, 0.15) is 89.2 Å². The zero-order valence-electron chi connectivity index (χ0n) is 15.6. The molecule has 1 saturated carbocycles. The fraction of sp³-hybridized carbons (Fsp3) is 0.667. The molecule has 0 aromatic heterocycles. The average Bonchev–Trinajstić information content (AvgIpc) is 2.49. The van der Waals surface area contributed by atoms with E-state index in [4.69, 9.17) is 11.6 Å². The van der Waals surface area contributed by atoms with Gasteiger partial charge in [0.2, 0.25) is 5.91 Å². The Kier molecular flexibility index (Phi) is 6.74. The number of nitrogens with one attached hydrogen (secondary N) is 1. The number of benzene rings is 1. The zero-order valence-corrected chi connectivity index (χ0v) is 16.4. The lowest BCUT2D eigenvalue weighted by Gasteiger charge is -2.41. The number of carbonyl (C=O) groups is 1. The zero-order chi connectivity index (χ0) is 17.7. The first-order chi connectivity index (χ1) is 11.4. The Hall–Kier alpha value is -1.02. The summed E-state index contributed by atoms with van der Waals surface area (Å²) >= 11 is 5.81. The second-order valence-electron chi connectivity index (χ2n) is 7.85. The number of alkyl halides is 1. The molecule has 2 rings (SSSR count). The van der Waals surface area contributed by atoms with Crippen molar-refractivity contribution in [1.82, 2.24) is 0 Å². The van der Waals surface area contributed by atoms with Gasteiger partial charge < -0.3 is 5.32 Å². The third-order valence-corrected chi connectivity index (χ3v) is 5.71. The predicted molar refractivity (Wildman–Crippen MR) is 104 cm³/mol. The van der Waals surface area contributed by atoms with Gasteiger partial charge in [0, 0.05) is 17.0 Å². The first-order valence-corrected chi connectivity index (χ1v) is 9.95. The lowest BCUT2D eigenvalue weighted by Crippen LogP contribution is -2.42. The largest absolute Gasteiger partial charge is 0.325 e. The van der Waals surface area contributed by atoms with E-state index in [9.17, 15) is 4.79 Å². The molecule has 1 fully saturated rings. The number of para-hydroxylation sites is 1. The monoisotopic (exact) mass is 349 g/mol. The molecular weight excluding hydrogens is 318 g/mol. The highest BCUT2D eigenvalue weighted by atomic mass is 35.5. The second kappa shape index (κ2) is 8.38. The summed E-state index contributed by atoms with van der Waals surface area (Å²) in [6.45, 7) is 8.76. The molecule has 1 aromatic rings. The summed E-state index contributed by atoms with van der Waals surface area (Å²) in [7, 11) is 0. The fourth-order valence-electron chi connectivity index (χ4n) is 3.69. The summed E-state index contributed by atoms with van der Waals surface area (Å²) in [6.07, 6.45) is 6.20. The molecular formula is C21H32ClNO.